The van der Waals surface area contributed by atoms with Crippen molar-refractivity contribution in [2.24, 2.45) is 0 Å². The molecule has 1 aromatic carbocycles. The summed E-state index contributed by atoms with van der Waals surface area (Å²) in [6, 6.07) is 8.07. The van der Waals surface area contributed by atoms with Crippen molar-refractivity contribution < 1.29 is 22.8 Å². The summed E-state index contributed by atoms with van der Waals surface area (Å²) in [7, 11) is 0. The van der Waals surface area contributed by atoms with Crippen molar-refractivity contribution in [1.82, 2.24) is 10.5 Å². The van der Waals surface area contributed by atoms with Gasteiger partial charge in [-0.05, 0) is 42.7 Å². The molecule has 9 heteroatoms. The predicted octanol–water partition coefficient (Wildman–Crippen LogP) is 3.94. The second kappa shape index (κ2) is 7.23. The zero-order chi connectivity index (χ0) is 16.9. The van der Waals surface area contributed by atoms with Gasteiger partial charge in [-0.15, -0.1) is 11.8 Å². The number of amides is 2. The molecule has 0 bridgehead atoms. The fraction of sp³-hybridized carbons (Fsp3) is 0.143. The Morgan fingerprint density at radius 3 is 2.52 bits per heavy atom. The minimum Gasteiger partial charge on any atom is -0.378 e. The number of benzene rings is 1. The van der Waals surface area contributed by atoms with E-state index in [-0.39, 0.29) is 5.69 Å². The fourth-order valence-electron chi connectivity index (χ4n) is 1.57. The Balaban J connectivity index is 1.91. The van der Waals surface area contributed by atoms with Gasteiger partial charge >= 0.3 is 12.2 Å². The van der Waals surface area contributed by atoms with Gasteiger partial charge in [0.15, 0.2) is 5.75 Å². The number of alkyl halides is 3. The predicted molar refractivity (Wildman–Crippen MR) is 80.2 cm³/mol. The highest BCUT2D eigenvalue weighted by Gasteiger charge is 2.32. The highest BCUT2D eigenvalue weighted by Crippen LogP contribution is 2.28. The lowest BCUT2D eigenvalue weighted by molar-refractivity contribution is -0.141. The van der Waals surface area contributed by atoms with Crippen LogP contribution < -0.4 is 15.6 Å². The molecule has 2 rings (SSSR count). The van der Waals surface area contributed by atoms with Crippen LogP contribution in [0.2, 0.25) is 0 Å². The summed E-state index contributed by atoms with van der Waals surface area (Å²) in [4.78, 5) is 20.9. The normalized spacial score (nSPS) is 11.0. The Morgan fingerprint density at radius 1 is 1.22 bits per heavy atom. The zero-order valence-electron chi connectivity index (χ0n) is 11.8. The number of hydrogen-bond donors (Lipinski definition) is 2. The summed E-state index contributed by atoms with van der Waals surface area (Å²) in [6.45, 7) is 0. The Kier molecular flexibility index (Phi) is 5.32. The van der Waals surface area contributed by atoms with Gasteiger partial charge in [0.25, 0.3) is 0 Å². The number of pyridine rings is 1. The molecule has 1 aromatic heterocycles. The van der Waals surface area contributed by atoms with Crippen molar-refractivity contribution in [2.75, 3.05) is 11.6 Å². The van der Waals surface area contributed by atoms with E-state index in [0.29, 0.717) is 5.75 Å². The molecule has 0 aliphatic rings. The van der Waals surface area contributed by atoms with Gasteiger partial charge in [-0.1, -0.05) is 0 Å². The van der Waals surface area contributed by atoms with Gasteiger partial charge in [-0.2, -0.15) is 18.7 Å². The lowest BCUT2D eigenvalue weighted by Gasteiger charge is -2.10. The Bertz CT molecular complexity index is 678. The Hall–Kier alpha value is -2.42. The number of halogens is 3. The van der Waals surface area contributed by atoms with Crippen molar-refractivity contribution >= 4 is 23.5 Å². The number of hydroxylamine groups is 1. The van der Waals surface area contributed by atoms with Crippen molar-refractivity contribution in [3.05, 3.63) is 48.3 Å². The van der Waals surface area contributed by atoms with Crippen LogP contribution in [0.3, 0.4) is 0 Å². The van der Waals surface area contributed by atoms with Crippen LogP contribution in [-0.2, 0) is 6.18 Å². The molecular weight excluding hydrogens is 331 g/mol. The van der Waals surface area contributed by atoms with Gasteiger partial charge in [0, 0.05) is 16.8 Å². The second-order valence-corrected chi connectivity index (χ2v) is 5.14. The highest BCUT2D eigenvalue weighted by atomic mass is 32.2. The maximum absolute atomic E-state index is 12.5. The van der Waals surface area contributed by atoms with Crippen LogP contribution in [0, 0.1) is 0 Å². The first-order valence-electron chi connectivity index (χ1n) is 6.29. The number of carbonyl (C=O) groups is 1. The molecule has 23 heavy (non-hydrogen) atoms. The molecule has 122 valence electrons. The average Bonchev–Trinajstić information content (AvgIpc) is 2.53. The van der Waals surface area contributed by atoms with E-state index >= 15 is 0 Å². The highest BCUT2D eigenvalue weighted by molar-refractivity contribution is 7.98. The number of thioether (sulfide) groups is 1. The van der Waals surface area contributed by atoms with Gasteiger partial charge in [0.05, 0.1) is 0 Å². The van der Waals surface area contributed by atoms with Gasteiger partial charge in [-0.3, -0.25) is 4.98 Å². The standard InChI is InChI=1S/C14H12F3N3O2S/c1-23-11-4-2-10(3-5-11)22-20-13(21)19-9-6-7-18-12(8-9)14(15,16)17/h2-8H,1H3,(H2,18,19,20,21). The van der Waals surface area contributed by atoms with Gasteiger partial charge in [0.2, 0.25) is 0 Å². The van der Waals surface area contributed by atoms with Crippen molar-refractivity contribution in [1.29, 1.82) is 0 Å². The van der Waals surface area contributed by atoms with Crippen LogP contribution in [-0.4, -0.2) is 17.3 Å². The summed E-state index contributed by atoms with van der Waals surface area (Å²) in [5.74, 6) is 0.392. The van der Waals surface area contributed by atoms with E-state index in [1.54, 1.807) is 36.0 Å². The first-order valence-corrected chi connectivity index (χ1v) is 7.52. The maximum Gasteiger partial charge on any atom is 0.433 e. The number of aromatic nitrogens is 1. The number of rotatable bonds is 4. The topological polar surface area (TPSA) is 63.2 Å². The molecule has 2 N–H and O–H groups in total. The number of nitrogens with zero attached hydrogens (tertiary/aromatic N) is 1. The molecule has 0 unspecified atom stereocenters. The van der Waals surface area contributed by atoms with Gasteiger partial charge < -0.3 is 10.2 Å². The van der Waals surface area contributed by atoms with Crippen molar-refractivity contribution in [3.8, 4) is 5.75 Å². The minimum absolute atomic E-state index is 0.0499. The number of hydrogen-bond acceptors (Lipinski definition) is 4. The molecule has 2 aromatic rings. The molecule has 0 radical (unpaired) electrons. The number of nitrogens with one attached hydrogen (secondary N) is 2. The molecule has 0 atom stereocenters. The fourth-order valence-corrected chi connectivity index (χ4v) is 1.98. The largest absolute Gasteiger partial charge is 0.433 e. The van der Waals surface area contributed by atoms with E-state index in [9.17, 15) is 18.0 Å². The molecule has 0 aliphatic heterocycles. The molecule has 2 amide bonds. The molecule has 0 saturated carbocycles. The third kappa shape index (κ3) is 5.06. The van der Waals surface area contributed by atoms with Crippen LogP contribution in [0.15, 0.2) is 47.5 Å². The van der Waals surface area contributed by atoms with E-state index in [1.165, 1.54) is 6.07 Å². The third-order valence-corrected chi connectivity index (χ3v) is 3.37. The molecule has 5 nitrogen and oxygen atoms in total. The Morgan fingerprint density at radius 2 is 1.91 bits per heavy atom. The molecular formula is C14H12F3N3O2S. The summed E-state index contributed by atoms with van der Waals surface area (Å²) in [5.41, 5.74) is 0.941. The summed E-state index contributed by atoms with van der Waals surface area (Å²) in [5, 5.41) is 2.23. The molecule has 0 fully saturated rings. The quantitative estimate of drug-likeness (QED) is 0.652. The maximum atomic E-state index is 12.5. The van der Waals surface area contributed by atoms with Crippen LogP contribution in [0.4, 0.5) is 23.7 Å². The number of anilines is 1. The molecule has 0 spiro atoms. The van der Waals surface area contributed by atoms with Crippen molar-refractivity contribution in [3.63, 3.8) is 0 Å². The smallest absolute Gasteiger partial charge is 0.378 e. The van der Waals surface area contributed by atoms with Crippen LogP contribution >= 0.6 is 11.8 Å². The van der Waals surface area contributed by atoms with Crippen LogP contribution in [0.1, 0.15) is 5.69 Å². The molecule has 0 saturated heterocycles. The summed E-state index contributed by atoms with van der Waals surface area (Å²) < 4.78 is 37.6. The first kappa shape index (κ1) is 16.9. The average molecular weight is 343 g/mol. The lowest BCUT2D eigenvalue weighted by atomic mass is 10.3. The van der Waals surface area contributed by atoms with E-state index in [4.69, 9.17) is 4.84 Å². The van der Waals surface area contributed by atoms with E-state index in [1.807, 2.05) is 6.26 Å². The van der Waals surface area contributed by atoms with Crippen molar-refractivity contribution in [2.45, 2.75) is 11.1 Å². The first-order chi connectivity index (χ1) is 10.9. The third-order valence-electron chi connectivity index (χ3n) is 2.63. The molecule has 1 heterocycles. The summed E-state index contributed by atoms with van der Waals surface area (Å²) in [6.07, 6.45) is -1.70. The van der Waals surface area contributed by atoms with E-state index in [0.717, 1.165) is 17.2 Å². The summed E-state index contributed by atoms with van der Waals surface area (Å²) >= 11 is 1.55. The van der Waals surface area contributed by atoms with Gasteiger partial charge in [-0.25, -0.2) is 4.79 Å². The SMILES string of the molecule is CSc1ccc(ONC(=O)Nc2ccnc(C(F)(F)F)c2)cc1. The van der Waals surface area contributed by atoms with Gasteiger partial charge in [0.1, 0.15) is 5.69 Å². The van der Waals surface area contributed by atoms with Crippen LogP contribution in [0.25, 0.3) is 0 Å². The second-order valence-electron chi connectivity index (χ2n) is 4.26. The van der Waals surface area contributed by atoms with Crippen LogP contribution in [0.5, 0.6) is 5.75 Å². The minimum atomic E-state index is -4.58. The number of urea groups is 1. The van der Waals surface area contributed by atoms with E-state index < -0.39 is 17.9 Å². The number of carbonyl (C=O) groups excluding carboxylic acids is 1. The lowest BCUT2D eigenvalue weighted by Crippen LogP contribution is -2.31. The Labute approximate surface area is 134 Å². The monoisotopic (exact) mass is 343 g/mol. The zero-order valence-corrected chi connectivity index (χ0v) is 12.7. The molecule has 0 aliphatic carbocycles. The van der Waals surface area contributed by atoms with E-state index in [2.05, 4.69) is 15.8 Å².